The Hall–Kier alpha value is -2.44. The lowest BCUT2D eigenvalue weighted by atomic mass is 9.91. The van der Waals surface area contributed by atoms with Crippen LogP contribution in [0.1, 0.15) is 56.1 Å². The third kappa shape index (κ3) is 4.43. The van der Waals surface area contributed by atoms with Gasteiger partial charge in [-0.25, -0.2) is 0 Å². The molecular formula is C28H32Cl2N2O4. The molecule has 2 saturated carbocycles. The average Bonchev–Trinajstić information content (AvgIpc) is 3.49. The first kappa shape index (κ1) is 25.2. The van der Waals surface area contributed by atoms with Gasteiger partial charge in [-0.3, -0.25) is 9.59 Å². The highest BCUT2D eigenvalue weighted by molar-refractivity contribution is 6.42. The van der Waals surface area contributed by atoms with Gasteiger partial charge in [0.25, 0.3) is 0 Å². The maximum atomic E-state index is 13.8. The lowest BCUT2D eigenvalue weighted by Gasteiger charge is -2.35. The molecule has 2 aromatic carbocycles. The SMILES string of the molecule is COc1ccc(CCC(=O)N[C@@]23CCC[C@@H]2N(C(=O)C2(c4ccc(Cl)c(Cl)c4)CC2)CC3)cc1OC. The molecule has 0 bridgehead atoms. The number of hydrogen-bond acceptors (Lipinski definition) is 4. The van der Waals surface area contributed by atoms with Gasteiger partial charge in [-0.05, 0) is 80.3 Å². The molecule has 5 rings (SSSR count). The fourth-order valence-corrected chi connectivity index (χ4v) is 6.48. The summed E-state index contributed by atoms with van der Waals surface area (Å²) >= 11 is 12.4. The Morgan fingerprint density at radius 1 is 1.00 bits per heavy atom. The van der Waals surface area contributed by atoms with Crippen molar-refractivity contribution in [3.8, 4) is 11.5 Å². The number of ether oxygens (including phenoxy) is 2. The number of rotatable bonds is 8. The molecule has 2 amide bonds. The molecule has 0 spiro atoms. The monoisotopic (exact) mass is 530 g/mol. The first-order chi connectivity index (χ1) is 17.3. The third-order valence-electron chi connectivity index (χ3n) is 8.28. The number of aryl methyl sites for hydroxylation is 1. The molecule has 8 heteroatoms. The van der Waals surface area contributed by atoms with Crippen LogP contribution in [0.15, 0.2) is 36.4 Å². The summed E-state index contributed by atoms with van der Waals surface area (Å²) in [6.07, 6.45) is 6.24. The molecule has 2 aromatic rings. The van der Waals surface area contributed by atoms with Gasteiger partial charge in [0.2, 0.25) is 11.8 Å². The van der Waals surface area contributed by atoms with E-state index in [-0.39, 0.29) is 23.4 Å². The van der Waals surface area contributed by atoms with Gasteiger partial charge in [-0.1, -0.05) is 35.3 Å². The van der Waals surface area contributed by atoms with Crippen molar-refractivity contribution in [3.63, 3.8) is 0 Å². The molecule has 3 aliphatic rings. The molecule has 2 atom stereocenters. The van der Waals surface area contributed by atoms with E-state index in [1.54, 1.807) is 20.3 Å². The molecule has 1 saturated heterocycles. The smallest absolute Gasteiger partial charge is 0.233 e. The Labute approximate surface area is 222 Å². The van der Waals surface area contributed by atoms with Crippen molar-refractivity contribution in [2.75, 3.05) is 20.8 Å². The number of halogens is 2. The van der Waals surface area contributed by atoms with Crippen molar-refractivity contribution in [2.24, 2.45) is 0 Å². The van der Waals surface area contributed by atoms with Crippen LogP contribution < -0.4 is 14.8 Å². The van der Waals surface area contributed by atoms with Crippen molar-refractivity contribution in [1.82, 2.24) is 10.2 Å². The largest absolute Gasteiger partial charge is 0.493 e. The Bertz CT molecular complexity index is 1180. The van der Waals surface area contributed by atoms with Crippen LogP contribution in [0.4, 0.5) is 0 Å². The summed E-state index contributed by atoms with van der Waals surface area (Å²) < 4.78 is 10.7. The van der Waals surface area contributed by atoms with Crippen molar-refractivity contribution >= 4 is 35.0 Å². The van der Waals surface area contributed by atoms with E-state index in [1.165, 1.54) is 0 Å². The maximum Gasteiger partial charge on any atom is 0.233 e. The van der Waals surface area contributed by atoms with E-state index in [1.807, 2.05) is 35.2 Å². The molecular weight excluding hydrogens is 499 g/mol. The van der Waals surface area contributed by atoms with Crippen LogP contribution in [-0.4, -0.2) is 49.1 Å². The minimum absolute atomic E-state index is 0.0246. The summed E-state index contributed by atoms with van der Waals surface area (Å²) in [4.78, 5) is 28.9. The van der Waals surface area contributed by atoms with Crippen molar-refractivity contribution in [3.05, 3.63) is 57.6 Å². The number of hydrogen-bond donors (Lipinski definition) is 1. The number of likely N-dealkylation sites (tertiary alicyclic amines) is 1. The van der Waals surface area contributed by atoms with Crippen LogP contribution in [-0.2, 0) is 21.4 Å². The van der Waals surface area contributed by atoms with Gasteiger partial charge >= 0.3 is 0 Å². The molecule has 1 N–H and O–H groups in total. The average molecular weight is 531 g/mol. The van der Waals surface area contributed by atoms with E-state index in [0.29, 0.717) is 40.9 Å². The number of nitrogens with zero attached hydrogens (tertiary/aromatic N) is 1. The molecule has 0 unspecified atom stereocenters. The highest BCUT2D eigenvalue weighted by Crippen LogP contribution is 2.53. The second-order valence-corrected chi connectivity index (χ2v) is 11.1. The number of amides is 2. The van der Waals surface area contributed by atoms with Crippen molar-refractivity contribution < 1.29 is 19.1 Å². The Kier molecular flexibility index (Phi) is 6.86. The van der Waals surface area contributed by atoms with E-state index < -0.39 is 5.41 Å². The molecule has 192 valence electrons. The van der Waals surface area contributed by atoms with Crippen LogP contribution >= 0.6 is 23.2 Å². The Morgan fingerprint density at radius 2 is 1.78 bits per heavy atom. The van der Waals surface area contributed by atoms with Crippen LogP contribution in [0, 0.1) is 0 Å². The van der Waals surface area contributed by atoms with Gasteiger partial charge in [0.15, 0.2) is 11.5 Å². The summed E-state index contributed by atoms with van der Waals surface area (Å²) in [5.41, 5.74) is 1.11. The zero-order valence-electron chi connectivity index (χ0n) is 20.7. The Balaban J connectivity index is 1.25. The summed E-state index contributed by atoms with van der Waals surface area (Å²) in [5, 5.41) is 4.34. The normalized spacial score (nSPS) is 23.8. The summed E-state index contributed by atoms with van der Waals surface area (Å²) in [7, 11) is 3.21. The first-order valence-corrected chi connectivity index (χ1v) is 13.4. The fourth-order valence-electron chi connectivity index (χ4n) is 6.18. The van der Waals surface area contributed by atoms with Gasteiger partial charge in [0.05, 0.1) is 41.3 Å². The lowest BCUT2D eigenvalue weighted by molar-refractivity contribution is -0.135. The van der Waals surface area contributed by atoms with Crippen LogP contribution in [0.2, 0.25) is 10.0 Å². The second kappa shape index (κ2) is 9.79. The fraction of sp³-hybridized carbons (Fsp3) is 0.500. The summed E-state index contributed by atoms with van der Waals surface area (Å²) in [6, 6.07) is 11.3. The highest BCUT2D eigenvalue weighted by atomic mass is 35.5. The molecule has 2 aliphatic carbocycles. The minimum Gasteiger partial charge on any atom is -0.493 e. The zero-order valence-corrected chi connectivity index (χ0v) is 22.3. The van der Waals surface area contributed by atoms with E-state index >= 15 is 0 Å². The van der Waals surface area contributed by atoms with E-state index in [0.717, 1.165) is 49.7 Å². The van der Waals surface area contributed by atoms with Crippen molar-refractivity contribution in [2.45, 2.75) is 68.4 Å². The van der Waals surface area contributed by atoms with Crippen LogP contribution in [0.3, 0.4) is 0 Å². The Morgan fingerprint density at radius 3 is 2.47 bits per heavy atom. The molecule has 0 radical (unpaired) electrons. The molecule has 3 fully saturated rings. The quantitative estimate of drug-likeness (QED) is 0.501. The van der Waals surface area contributed by atoms with Gasteiger partial charge < -0.3 is 19.7 Å². The van der Waals surface area contributed by atoms with Crippen LogP contribution in [0.5, 0.6) is 11.5 Å². The van der Waals surface area contributed by atoms with E-state index in [9.17, 15) is 9.59 Å². The number of fused-ring (bicyclic) bond motifs is 1. The molecule has 1 aliphatic heterocycles. The first-order valence-electron chi connectivity index (χ1n) is 12.6. The predicted octanol–water partition coefficient (Wildman–Crippen LogP) is 5.31. The van der Waals surface area contributed by atoms with Gasteiger partial charge in [-0.2, -0.15) is 0 Å². The van der Waals surface area contributed by atoms with Gasteiger partial charge in [0.1, 0.15) is 0 Å². The number of carbonyl (C=O) groups is 2. The molecule has 6 nitrogen and oxygen atoms in total. The van der Waals surface area contributed by atoms with E-state index in [2.05, 4.69) is 5.32 Å². The number of methoxy groups -OCH3 is 2. The third-order valence-corrected chi connectivity index (χ3v) is 9.02. The molecule has 0 aromatic heterocycles. The number of carbonyl (C=O) groups excluding carboxylic acids is 2. The standard InChI is InChI=1S/C28H32Cl2N2O4/c1-35-22-9-5-18(16-23(22)36-2)6-10-25(33)31-28-11-3-4-24(28)32(15-14-28)26(34)27(12-13-27)19-7-8-20(29)21(30)17-19/h5,7-9,16-17,24H,3-4,6,10-15H2,1-2H3,(H,31,33)/t24-,28+/m0/s1. The number of benzene rings is 2. The maximum absolute atomic E-state index is 13.8. The summed E-state index contributed by atoms with van der Waals surface area (Å²) in [6.45, 7) is 0.669. The lowest BCUT2D eigenvalue weighted by Crippen LogP contribution is -2.55. The second-order valence-electron chi connectivity index (χ2n) is 10.3. The van der Waals surface area contributed by atoms with Crippen molar-refractivity contribution in [1.29, 1.82) is 0 Å². The van der Waals surface area contributed by atoms with Gasteiger partial charge in [0, 0.05) is 13.0 Å². The molecule has 1 heterocycles. The van der Waals surface area contributed by atoms with Gasteiger partial charge in [-0.15, -0.1) is 0 Å². The minimum atomic E-state index is -0.510. The molecule has 36 heavy (non-hydrogen) atoms. The summed E-state index contributed by atoms with van der Waals surface area (Å²) in [5.74, 6) is 1.51. The topological polar surface area (TPSA) is 67.9 Å². The number of nitrogens with one attached hydrogen (secondary N) is 1. The van der Waals surface area contributed by atoms with E-state index in [4.69, 9.17) is 32.7 Å². The highest BCUT2D eigenvalue weighted by Gasteiger charge is 2.59. The zero-order chi connectivity index (χ0) is 25.5. The predicted molar refractivity (Wildman–Crippen MR) is 140 cm³/mol. The van der Waals surface area contributed by atoms with Crippen LogP contribution in [0.25, 0.3) is 0 Å².